The fourth-order valence-electron chi connectivity index (χ4n) is 2.30. The summed E-state index contributed by atoms with van der Waals surface area (Å²) in [6.45, 7) is 3.09. The summed E-state index contributed by atoms with van der Waals surface area (Å²) in [6.07, 6.45) is 1.14. The van der Waals surface area contributed by atoms with Crippen LogP contribution in [0.25, 0.3) is 10.8 Å². The van der Waals surface area contributed by atoms with E-state index in [0.717, 1.165) is 18.8 Å². The average Bonchev–Trinajstić information content (AvgIpc) is 2.29. The highest BCUT2D eigenvalue weighted by atomic mass is 16.5. The molecule has 2 aromatic rings. The first-order valence-corrected chi connectivity index (χ1v) is 5.48. The molecule has 76 valence electrons. The Morgan fingerprint density at radius 1 is 1.13 bits per heavy atom. The van der Waals surface area contributed by atoms with Crippen LogP contribution in [0.5, 0.6) is 5.75 Å². The van der Waals surface area contributed by atoms with Crippen LogP contribution in [0, 0.1) is 5.92 Å². The second kappa shape index (κ2) is 3.27. The summed E-state index contributed by atoms with van der Waals surface area (Å²) in [4.78, 5) is 0. The van der Waals surface area contributed by atoms with Gasteiger partial charge in [0.15, 0.2) is 0 Å². The Morgan fingerprint density at radius 3 is 2.93 bits per heavy atom. The van der Waals surface area contributed by atoms with Gasteiger partial charge in [-0.25, -0.2) is 0 Å². The van der Waals surface area contributed by atoms with Crippen LogP contribution in [0.15, 0.2) is 36.4 Å². The molecule has 0 bridgehead atoms. The van der Waals surface area contributed by atoms with Gasteiger partial charge in [-0.1, -0.05) is 37.3 Å². The Morgan fingerprint density at radius 2 is 2.00 bits per heavy atom. The third-order valence-corrected chi connectivity index (χ3v) is 3.07. The van der Waals surface area contributed by atoms with Crippen molar-refractivity contribution in [2.24, 2.45) is 5.92 Å². The standard InChI is InChI=1S/C14H14O/c1-10-8-13-12-5-3-2-4-11(12)6-7-14(13)15-9-10/h2-7,10H,8-9H2,1H3. The van der Waals surface area contributed by atoms with Crippen molar-refractivity contribution in [2.45, 2.75) is 13.3 Å². The minimum absolute atomic E-state index is 0.628. The lowest BCUT2D eigenvalue weighted by Crippen LogP contribution is -2.18. The summed E-state index contributed by atoms with van der Waals surface area (Å²) >= 11 is 0. The van der Waals surface area contributed by atoms with Crippen molar-refractivity contribution >= 4 is 10.8 Å². The fourth-order valence-corrected chi connectivity index (χ4v) is 2.30. The molecule has 1 aliphatic rings. The van der Waals surface area contributed by atoms with Crippen LogP contribution in [0.3, 0.4) is 0 Å². The highest BCUT2D eigenvalue weighted by Crippen LogP contribution is 2.33. The molecule has 15 heavy (non-hydrogen) atoms. The van der Waals surface area contributed by atoms with E-state index >= 15 is 0 Å². The Balaban J connectivity index is 2.28. The highest BCUT2D eigenvalue weighted by molar-refractivity contribution is 5.87. The zero-order valence-electron chi connectivity index (χ0n) is 8.86. The molecule has 0 saturated carbocycles. The van der Waals surface area contributed by atoms with Gasteiger partial charge in [0.05, 0.1) is 6.61 Å². The fraction of sp³-hybridized carbons (Fsp3) is 0.286. The number of rotatable bonds is 0. The quantitative estimate of drug-likeness (QED) is 0.630. The predicted octanol–water partition coefficient (Wildman–Crippen LogP) is 3.41. The van der Waals surface area contributed by atoms with Crippen molar-refractivity contribution in [1.29, 1.82) is 0 Å². The van der Waals surface area contributed by atoms with Crippen molar-refractivity contribution < 1.29 is 4.74 Å². The molecular formula is C14H14O. The molecule has 1 unspecified atom stereocenters. The molecule has 0 saturated heterocycles. The SMILES string of the molecule is CC1COc2ccc3ccccc3c2C1. The second-order valence-corrected chi connectivity index (χ2v) is 4.38. The van der Waals surface area contributed by atoms with Crippen molar-refractivity contribution in [2.75, 3.05) is 6.61 Å². The van der Waals surface area contributed by atoms with Crippen molar-refractivity contribution in [1.82, 2.24) is 0 Å². The summed E-state index contributed by atoms with van der Waals surface area (Å²) in [6, 6.07) is 12.8. The van der Waals surface area contributed by atoms with Gasteiger partial charge in [0.1, 0.15) is 5.75 Å². The van der Waals surface area contributed by atoms with Crippen LogP contribution >= 0.6 is 0 Å². The minimum Gasteiger partial charge on any atom is -0.493 e. The van der Waals surface area contributed by atoms with E-state index < -0.39 is 0 Å². The first kappa shape index (κ1) is 8.78. The highest BCUT2D eigenvalue weighted by Gasteiger charge is 2.17. The van der Waals surface area contributed by atoms with Crippen molar-refractivity contribution in [3.05, 3.63) is 42.0 Å². The van der Waals surface area contributed by atoms with E-state index in [-0.39, 0.29) is 0 Å². The molecule has 0 N–H and O–H groups in total. The van der Waals surface area contributed by atoms with Crippen molar-refractivity contribution in [3.63, 3.8) is 0 Å². The normalized spacial score (nSPS) is 19.7. The van der Waals surface area contributed by atoms with Crippen LogP contribution in [0.4, 0.5) is 0 Å². The first-order valence-electron chi connectivity index (χ1n) is 5.48. The summed E-state index contributed by atoms with van der Waals surface area (Å²) in [7, 11) is 0. The van der Waals surface area contributed by atoms with Crippen LogP contribution in [-0.2, 0) is 6.42 Å². The molecule has 1 aliphatic heterocycles. The summed E-state index contributed by atoms with van der Waals surface area (Å²) in [5.41, 5.74) is 1.38. The molecule has 1 atom stereocenters. The second-order valence-electron chi connectivity index (χ2n) is 4.38. The molecule has 0 aliphatic carbocycles. The van der Waals surface area contributed by atoms with Crippen LogP contribution in [-0.4, -0.2) is 6.61 Å². The van der Waals surface area contributed by atoms with Gasteiger partial charge >= 0.3 is 0 Å². The molecule has 1 nitrogen and oxygen atoms in total. The molecular weight excluding hydrogens is 184 g/mol. The number of hydrogen-bond acceptors (Lipinski definition) is 1. The maximum absolute atomic E-state index is 5.74. The first-order chi connectivity index (χ1) is 7.34. The van der Waals surface area contributed by atoms with E-state index in [1.54, 1.807) is 0 Å². The monoisotopic (exact) mass is 198 g/mol. The van der Waals surface area contributed by atoms with E-state index in [1.807, 2.05) is 0 Å². The maximum atomic E-state index is 5.74. The third-order valence-electron chi connectivity index (χ3n) is 3.07. The minimum atomic E-state index is 0.628. The lowest BCUT2D eigenvalue weighted by atomic mass is 9.93. The number of ether oxygens (including phenoxy) is 1. The van der Waals surface area contributed by atoms with Crippen LogP contribution in [0.2, 0.25) is 0 Å². The van der Waals surface area contributed by atoms with Gasteiger partial charge in [0, 0.05) is 5.56 Å². The van der Waals surface area contributed by atoms with E-state index in [2.05, 4.69) is 43.3 Å². The third kappa shape index (κ3) is 1.39. The molecule has 0 aromatic heterocycles. The van der Waals surface area contributed by atoms with Gasteiger partial charge in [-0.05, 0) is 29.2 Å². The van der Waals surface area contributed by atoms with Crippen LogP contribution < -0.4 is 4.74 Å². The number of fused-ring (bicyclic) bond motifs is 3. The summed E-state index contributed by atoms with van der Waals surface area (Å²) in [5, 5.41) is 2.66. The van der Waals surface area contributed by atoms with E-state index in [1.165, 1.54) is 16.3 Å². The maximum Gasteiger partial charge on any atom is 0.123 e. The Bertz CT molecular complexity index is 502. The van der Waals surface area contributed by atoms with E-state index in [9.17, 15) is 0 Å². The summed E-state index contributed by atoms with van der Waals surface area (Å²) < 4.78 is 5.74. The van der Waals surface area contributed by atoms with Gasteiger partial charge in [-0.15, -0.1) is 0 Å². The summed E-state index contributed by atoms with van der Waals surface area (Å²) in [5.74, 6) is 1.70. The Labute approximate surface area is 89.7 Å². The van der Waals surface area contributed by atoms with E-state index in [4.69, 9.17) is 4.74 Å². The van der Waals surface area contributed by atoms with Gasteiger partial charge in [-0.2, -0.15) is 0 Å². The molecule has 1 heteroatoms. The average molecular weight is 198 g/mol. The number of hydrogen-bond donors (Lipinski definition) is 0. The zero-order chi connectivity index (χ0) is 10.3. The molecule has 0 fully saturated rings. The lowest BCUT2D eigenvalue weighted by Gasteiger charge is -2.23. The molecule has 0 spiro atoms. The lowest BCUT2D eigenvalue weighted by molar-refractivity contribution is 0.235. The van der Waals surface area contributed by atoms with Gasteiger partial charge in [0.2, 0.25) is 0 Å². The Hall–Kier alpha value is -1.50. The molecule has 3 rings (SSSR count). The number of benzene rings is 2. The Kier molecular flexibility index (Phi) is 1.91. The predicted molar refractivity (Wildman–Crippen MR) is 62.3 cm³/mol. The molecule has 0 radical (unpaired) electrons. The van der Waals surface area contributed by atoms with Gasteiger partial charge < -0.3 is 4.74 Å². The van der Waals surface area contributed by atoms with Gasteiger partial charge in [-0.3, -0.25) is 0 Å². The topological polar surface area (TPSA) is 9.23 Å². The molecule has 2 aromatic carbocycles. The molecule has 1 heterocycles. The van der Waals surface area contributed by atoms with Crippen LogP contribution in [0.1, 0.15) is 12.5 Å². The largest absolute Gasteiger partial charge is 0.493 e. The zero-order valence-corrected chi connectivity index (χ0v) is 8.86. The van der Waals surface area contributed by atoms with Gasteiger partial charge in [0.25, 0.3) is 0 Å². The smallest absolute Gasteiger partial charge is 0.123 e. The van der Waals surface area contributed by atoms with Crippen molar-refractivity contribution in [3.8, 4) is 5.75 Å². The van der Waals surface area contributed by atoms with E-state index in [0.29, 0.717) is 5.92 Å². The molecule has 0 amide bonds.